The number of ether oxygens (including phenoxy) is 2. The van der Waals surface area contributed by atoms with Crippen LogP contribution in [-0.4, -0.2) is 60.9 Å². The predicted molar refractivity (Wildman–Crippen MR) is 72.6 cm³/mol. The number of carbonyl (C=O) groups excluding carboxylic acids is 3. The highest BCUT2D eigenvalue weighted by Crippen LogP contribution is 2.44. The zero-order valence-electron chi connectivity index (χ0n) is 12.1. The van der Waals surface area contributed by atoms with Gasteiger partial charge in [0.2, 0.25) is 13.3 Å². The molecule has 0 aliphatic carbocycles. The molecule has 1 aliphatic heterocycles. The van der Waals surface area contributed by atoms with Crippen molar-refractivity contribution in [3.63, 3.8) is 0 Å². The van der Waals surface area contributed by atoms with E-state index in [9.17, 15) is 23.8 Å². The summed E-state index contributed by atoms with van der Waals surface area (Å²) in [7, 11) is -1.47. The van der Waals surface area contributed by atoms with Crippen molar-refractivity contribution in [2.75, 3.05) is 33.2 Å². The number of amides is 1. The second kappa shape index (κ2) is 7.56. The van der Waals surface area contributed by atoms with Gasteiger partial charge in [-0.05, 0) is 6.42 Å². The van der Waals surface area contributed by atoms with Gasteiger partial charge in [-0.15, -0.1) is 0 Å². The Morgan fingerprint density at radius 1 is 1.38 bits per heavy atom. The number of carbonyl (C=O) groups is 3. The lowest BCUT2D eigenvalue weighted by Crippen LogP contribution is -2.29. The molecule has 0 bridgehead atoms. The summed E-state index contributed by atoms with van der Waals surface area (Å²) in [4.78, 5) is 45.6. The maximum absolute atomic E-state index is 12.2. The summed E-state index contributed by atoms with van der Waals surface area (Å²) >= 11 is 0. The summed E-state index contributed by atoms with van der Waals surface area (Å²) in [6.45, 7) is 0.434. The van der Waals surface area contributed by atoms with Crippen LogP contribution in [0.1, 0.15) is 19.3 Å². The molecular weight excluding hydrogens is 301 g/mol. The van der Waals surface area contributed by atoms with Crippen LogP contribution < -0.4 is 0 Å². The zero-order chi connectivity index (χ0) is 16.0. The molecular formula is C12H20NO7P. The van der Waals surface area contributed by atoms with Crippen LogP contribution in [-0.2, 0) is 28.4 Å². The Hall–Kier alpha value is -1.40. The minimum absolute atomic E-state index is 0.174. The van der Waals surface area contributed by atoms with Crippen molar-refractivity contribution in [2.24, 2.45) is 5.92 Å². The minimum Gasteiger partial charge on any atom is -0.469 e. The first-order valence-electron chi connectivity index (χ1n) is 6.52. The average Bonchev–Trinajstić information content (AvgIpc) is 2.81. The minimum atomic E-state index is -3.77. The highest BCUT2D eigenvalue weighted by Gasteiger charge is 2.35. The molecule has 1 saturated heterocycles. The largest absolute Gasteiger partial charge is 0.469 e. The van der Waals surface area contributed by atoms with E-state index in [1.165, 1.54) is 4.90 Å². The van der Waals surface area contributed by atoms with E-state index in [2.05, 4.69) is 9.47 Å². The van der Waals surface area contributed by atoms with E-state index in [1.807, 2.05) is 0 Å². The lowest BCUT2D eigenvalue weighted by Gasteiger charge is -2.22. The van der Waals surface area contributed by atoms with E-state index >= 15 is 0 Å². The summed E-state index contributed by atoms with van der Waals surface area (Å²) in [6.07, 6.45) is -0.0370. The third-order valence-electron chi connectivity index (χ3n) is 3.24. The Balaban J connectivity index is 2.70. The van der Waals surface area contributed by atoms with Gasteiger partial charge in [-0.1, -0.05) is 0 Å². The molecule has 9 heteroatoms. The molecule has 0 aromatic heterocycles. The maximum Gasteiger partial charge on any atom is 0.309 e. The van der Waals surface area contributed by atoms with Crippen LogP contribution in [0.15, 0.2) is 0 Å². The van der Waals surface area contributed by atoms with Gasteiger partial charge in [-0.2, -0.15) is 0 Å². The van der Waals surface area contributed by atoms with Gasteiger partial charge in [0.1, 0.15) is 0 Å². The van der Waals surface area contributed by atoms with Crippen molar-refractivity contribution >= 4 is 25.2 Å². The molecule has 0 radical (unpaired) electrons. The molecule has 0 saturated carbocycles. The van der Waals surface area contributed by atoms with Gasteiger partial charge in [0.25, 0.3) is 0 Å². The highest BCUT2D eigenvalue weighted by atomic mass is 31.2. The zero-order valence-corrected chi connectivity index (χ0v) is 13.0. The second-order valence-electron chi connectivity index (χ2n) is 4.93. The molecule has 1 heterocycles. The van der Waals surface area contributed by atoms with Crippen molar-refractivity contribution in [2.45, 2.75) is 19.3 Å². The summed E-state index contributed by atoms with van der Waals surface area (Å²) in [6, 6.07) is 0. The molecule has 0 aromatic carbocycles. The fourth-order valence-corrected chi connectivity index (χ4v) is 4.11. The molecule has 1 fully saturated rings. The predicted octanol–water partition coefficient (Wildman–Crippen LogP) is 0.189. The standard InChI is InChI=1S/C12H20NO7P/c1-19-11(15)6-9(12(16)20-2)7-21(17,18)8-13-5-3-4-10(13)14/h9H,3-8H2,1-2H3,(H,17,18). The fraction of sp³-hybridized carbons (Fsp3) is 0.750. The third kappa shape index (κ3) is 5.47. The van der Waals surface area contributed by atoms with Gasteiger partial charge in [-0.3, -0.25) is 18.9 Å². The molecule has 1 rings (SSSR count). The third-order valence-corrected chi connectivity index (χ3v) is 5.04. The Labute approximate surface area is 122 Å². The maximum atomic E-state index is 12.2. The van der Waals surface area contributed by atoms with Crippen molar-refractivity contribution < 1.29 is 33.3 Å². The molecule has 1 N–H and O–H groups in total. The van der Waals surface area contributed by atoms with Gasteiger partial charge in [0.05, 0.1) is 32.8 Å². The van der Waals surface area contributed by atoms with Crippen LogP contribution >= 0.6 is 7.37 Å². The molecule has 2 atom stereocenters. The Bertz CT molecular complexity index is 465. The van der Waals surface area contributed by atoms with Gasteiger partial charge >= 0.3 is 11.9 Å². The van der Waals surface area contributed by atoms with Gasteiger partial charge in [0.15, 0.2) is 0 Å². The van der Waals surface area contributed by atoms with Gasteiger partial charge in [0, 0.05) is 19.1 Å². The Kier molecular flexibility index (Phi) is 6.36. The Morgan fingerprint density at radius 2 is 2.05 bits per heavy atom. The van der Waals surface area contributed by atoms with Crippen molar-refractivity contribution in [3.8, 4) is 0 Å². The molecule has 1 aliphatic rings. The molecule has 0 aromatic rings. The number of likely N-dealkylation sites (tertiary alicyclic amines) is 1. The normalized spacial score (nSPS) is 19.0. The number of methoxy groups -OCH3 is 2. The van der Waals surface area contributed by atoms with Crippen molar-refractivity contribution in [1.82, 2.24) is 4.90 Å². The van der Waals surface area contributed by atoms with Crippen LogP contribution in [0.4, 0.5) is 0 Å². The molecule has 0 spiro atoms. The second-order valence-corrected chi connectivity index (χ2v) is 7.27. The first-order chi connectivity index (χ1) is 9.79. The van der Waals surface area contributed by atoms with Gasteiger partial charge in [-0.25, -0.2) is 0 Å². The van der Waals surface area contributed by atoms with Crippen LogP contribution in [0.5, 0.6) is 0 Å². The first-order valence-corrected chi connectivity index (χ1v) is 8.55. The van der Waals surface area contributed by atoms with E-state index in [0.29, 0.717) is 19.4 Å². The quantitative estimate of drug-likeness (QED) is 0.526. The number of hydrogen-bond donors (Lipinski definition) is 1. The highest BCUT2D eigenvalue weighted by molar-refractivity contribution is 7.58. The molecule has 2 unspecified atom stereocenters. The summed E-state index contributed by atoms with van der Waals surface area (Å²) in [5.41, 5.74) is 0. The van der Waals surface area contributed by atoms with Crippen LogP contribution in [0.3, 0.4) is 0 Å². The van der Waals surface area contributed by atoms with E-state index in [1.54, 1.807) is 0 Å². The molecule has 21 heavy (non-hydrogen) atoms. The first kappa shape index (κ1) is 17.7. The molecule has 8 nitrogen and oxygen atoms in total. The topological polar surface area (TPSA) is 110 Å². The fourth-order valence-electron chi connectivity index (χ4n) is 2.20. The molecule has 120 valence electrons. The van der Waals surface area contributed by atoms with Crippen molar-refractivity contribution in [1.29, 1.82) is 0 Å². The van der Waals surface area contributed by atoms with Crippen LogP contribution in [0, 0.1) is 5.92 Å². The lowest BCUT2D eigenvalue weighted by atomic mass is 10.1. The van der Waals surface area contributed by atoms with E-state index < -0.39 is 31.4 Å². The van der Waals surface area contributed by atoms with Gasteiger partial charge < -0.3 is 19.3 Å². The SMILES string of the molecule is COC(=O)CC(CP(=O)(O)CN1CCCC1=O)C(=O)OC. The van der Waals surface area contributed by atoms with Crippen LogP contribution in [0.2, 0.25) is 0 Å². The monoisotopic (exact) mass is 321 g/mol. The van der Waals surface area contributed by atoms with E-state index in [-0.39, 0.29) is 18.6 Å². The number of rotatable bonds is 7. The number of esters is 2. The smallest absolute Gasteiger partial charge is 0.309 e. The summed E-state index contributed by atoms with van der Waals surface area (Å²) in [5.74, 6) is -2.65. The average molecular weight is 321 g/mol. The van der Waals surface area contributed by atoms with E-state index in [4.69, 9.17) is 0 Å². The number of nitrogens with zero attached hydrogens (tertiary/aromatic N) is 1. The van der Waals surface area contributed by atoms with E-state index in [0.717, 1.165) is 14.2 Å². The lowest BCUT2D eigenvalue weighted by molar-refractivity contribution is -0.151. The summed E-state index contributed by atoms with van der Waals surface area (Å²) < 4.78 is 21.2. The van der Waals surface area contributed by atoms with Crippen LogP contribution in [0.25, 0.3) is 0 Å². The number of hydrogen-bond acceptors (Lipinski definition) is 6. The molecule has 1 amide bonds. The summed E-state index contributed by atoms with van der Waals surface area (Å²) in [5, 5.41) is 0. The Morgan fingerprint density at radius 3 is 2.52 bits per heavy atom. The van der Waals surface area contributed by atoms with Crippen molar-refractivity contribution in [3.05, 3.63) is 0 Å².